The van der Waals surface area contributed by atoms with Crippen molar-refractivity contribution in [3.63, 3.8) is 0 Å². The van der Waals surface area contributed by atoms with Gasteiger partial charge in [0.15, 0.2) is 22.0 Å². The fraction of sp³-hybridized carbons (Fsp3) is 0.833. The second-order valence-corrected chi connectivity index (χ2v) is 35.2. The van der Waals surface area contributed by atoms with Gasteiger partial charge in [0.05, 0.1) is 6.61 Å². The van der Waals surface area contributed by atoms with E-state index in [1.165, 1.54) is 13.8 Å². The maximum Gasteiger partial charge on any atom is 0.292 e. The maximum atomic E-state index is 13.2. The molecule has 284 valence electrons. The number of ether oxygens (including phenoxy) is 2. The highest BCUT2D eigenvalue weighted by Gasteiger charge is 2.61. The van der Waals surface area contributed by atoms with Crippen molar-refractivity contribution in [3.8, 4) is 0 Å². The Labute approximate surface area is 295 Å². The Balaban J connectivity index is 3.25. The summed E-state index contributed by atoms with van der Waals surface area (Å²) in [6, 6.07) is -3.37. The van der Waals surface area contributed by atoms with Crippen molar-refractivity contribution in [1.82, 2.24) is 16.0 Å². The number of carbonyl (C=O) groups excluding carboxylic acids is 5. The van der Waals surface area contributed by atoms with Gasteiger partial charge in [0.2, 0.25) is 31.9 Å². The highest BCUT2D eigenvalue weighted by Crippen LogP contribution is 2.39. The largest absolute Gasteiger partial charge is 0.520 e. The van der Waals surface area contributed by atoms with Crippen LogP contribution in [-0.4, -0.2) is 123 Å². The van der Waals surface area contributed by atoms with Crippen molar-refractivity contribution < 1.29 is 51.8 Å². The number of nitrogens with two attached hydrogens (primary N) is 1. The third kappa shape index (κ3) is 15.4. The molecule has 1 saturated heterocycles. The van der Waals surface area contributed by atoms with Gasteiger partial charge in [0.25, 0.3) is 5.97 Å². The van der Waals surface area contributed by atoms with E-state index in [1.807, 2.05) is 78.6 Å². The normalized spacial score (nSPS) is 24.7. The molecule has 6 N–H and O–H groups in total. The Hall–Kier alpha value is -1.98. The highest BCUT2D eigenvalue weighted by atomic mass is 28.4. The molecule has 0 aromatic heterocycles. The van der Waals surface area contributed by atoms with Crippen LogP contribution in [0.2, 0.25) is 78.6 Å². The molecule has 0 saturated carbocycles. The van der Waals surface area contributed by atoms with Crippen molar-refractivity contribution >= 4 is 62.6 Å². The number of aliphatic hydroxyl groups is 1. The number of primary amides is 1. The number of rotatable bonds is 18. The summed E-state index contributed by atoms with van der Waals surface area (Å²) in [6.07, 6.45) is -2.84. The average molecular weight is 767 g/mol. The van der Waals surface area contributed by atoms with Crippen LogP contribution < -0.4 is 21.7 Å². The molecule has 0 spiro atoms. The summed E-state index contributed by atoms with van der Waals surface area (Å²) >= 11 is 0. The van der Waals surface area contributed by atoms with Crippen molar-refractivity contribution in [2.45, 2.75) is 147 Å². The first-order valence-electron chi connectivity index (χ1n) is 16.7. The summed E-state index contributed by atoms with van der Waals surface area (Å²) < 4.78 is 30.9. The summed E-state index contributed by atoms with van der Waals surface area (Å²) in [4.78, 5) is 62.8. The zero-order valence-electron chi connectivity index (χ0n) is 31.9. The van der Waals surface area contributed by atoms with Crippen molar-refractivity contribution in [2.24, 2.45) is 5.73 Å². The van der Waals surface area contributed by atoms with Gasteiger partial charge in [-0.2, -0.15) is 0 Å². The van der Waals surface area contributed by atoms with Crippen LogP contribution in [0.5, 0.6) is 0 Å². The van der Waals surface area contributed by atoms with Crippen LogP contribution in [0.1, 0.15) is 26.7 Å². The lowest BCUT2D eigenvalue weighted by atomic mass is 9.96. The smallest absolute Gasteiger partial charge is 0.292 e. The number of hydrogen-bond acceptors (Lipinski definition) is 11. The Morgan fingerprint density at radius 1 is 0.878 bits per heavy atom. The topological polar surface area (TPSA) is 214 Å². The molecule has 3 unspecified atom stereocenters. The minimum atomic E-state index is -2.67. The van der Waals surface area contributed by atoms with E-state index in [-0.39, 0.29) is 19.4 Å². The van der Waals surface area contributed by atoms with Gasteiger partial charge in [0.1, 0.15) is 51.1 Å². The third-order valence-corrected chi connectivity index (χ3v) is 12.7. The molecule has 49 heavy (non-hydrogen) atoms. The standard InChI is InChI=1S/C30H62N4O11Si4/c1-19(29(39)34-21(28(31)38)15-16-24(37)44-48(9,10)11)32-23(36)18-41-26-25(45-49(12,13)14)22(17-42-47(6,7)8)43-30(40,46(3,4)5)27(26)33-20(2)35/h19,21-22,25-27,40H,15-18H2,1-14H3,(H2,31,38)(H,32,36)(H,33,35)(H,34,39)/t19?,21?,22-,25-,26+,27-,30?/m1/s1. The number of hydrogen-bond donors (Lipinski definition) is 5. The lowest BCUT2D eigenvalue weighted by Crippen LogP contribution is -2.78. The van der Waals surface area contributed by atoms with Gasteiger partial charge in [-0.05, 0) is 72.3 Å². The lowest BCUT2D eigenvalue weighted by Gasteiger charge is -2.56. The van der Waals surface area contributed by atoms with Gasteiger partial charge in [-0.25, -0.2) is 0 Å². The molecule has 1 aliphatic rings. The van der Waals surface area contributed by atoms with Crippen molar-refractivity contribution in [2.75, 3.05) is 13.2 Å². The summed E-state index contributed by atoms with van der Waals surface area (Å²) in [7, 11) is -9.18. The highest BCUT2D eigenvalue weighted by molar-refractivity contribution is 6.78. The Kier molecular flexibility index (Phi) is 16.1. The first kappa shape index (κ1) is 45.0. The fourth-order valence-corrected chi connectivity index (χ4v) is 9.22. The molecule has 0 aromatic carbocycles. The van der Waals surface area contributed by atoms with Gasteiger partial charge in [-0.15, -0.1) is 0 Å². The molecule has 19 heteroatoms. The Morgan fingerprint density at radius 2 is 1.45 bits per heavy atom. The molecule has 0 radical (unpaired) electrons. The van der Waals surface area contributed by atoms with E-state index in [0.717, 1.165) is 0 Å². The van der Waals surface area contributed by atoms with E-state index in [0.29, 0.717) is 0 Å². The van der Waals surface area contributed by atoms with Crippen LogP contribution in [-0.2, 0) is 46.7 Å². The van der Waals surface area contributed by atoms with Crippen LogP contribution in [0.15, 0.2) is 0 Å². The number of amides is 4. The molecule has 0 aliphatic carbocycles. The Bertz CT molecular complexity index is 1180. The molecule has 1 heterocycles. The van der Waals surface area contributed by atoms with Crippen LogP contribution in [0.25, 0.3) is 0 Å². The van der Waals surface area contributed by atoms with Gasteiger partial charge in [-0.3, -0.25) is 24.0 Å². The van der Waals surface area contributed by atoms with Crippen LogP contribution >= 0.6 is 0 Å². The summed E-state index contributed by atoms with van der Waals surface area (Å²) in [5.74, 6) is -3.14. The van der Waals surface area contributed by atoms with Crippen LogP contribution in [0.3, 0.4) is 0 Å². The van der Waals surface area contributed by atoms with Crippen LogP contribution in [0, 0.1) is 0 Å². The van der Waals surface area contributed by atoms with Gasteiger partial charge in [0, 0.05) is 13.3 Å². The Morgan fingerprint density at radius 3 is 1.90 bits per heavy atom. The molecule has 1 fully saturated rings. The average Bonchev–Trinajstić information content (AvgIpc) is 2.88. The fourth-order valence-electron chi connectivity index (χ4n) is 5.00. The van der Waals surface area contributed by atoms with E-state index in [9.17, 15) is 29.1 Å². The van der Waals surface area contributed by atoms with E-state index in [2.05, 4.69) is 16.0 Å². The van der Waals surface area contributed by atoms with E-state index < -0.39 is 111 Å². The zero-order valence-corrected chi connectivity index (χ0v) is 35.9. The van der Waals surface area contributed by atoms with Gasteiger partial charge < -0.3 is 49.5 Å². The van der Waals surface area contributed by atoms with E-state index in [4.69, 9.17) is 28.5 Å². The molecular weight excluding hydrogens is 705 g/mol. The monoisotopic (exact) mass is 766 g/mol. The van der Waals surface area contributed by atoms with Gasteiger partial charge >= 0.3 is 0 Å². The zero-order chi connectivity index (χ0) is 38.3. The van der Waals surface area contributed by atoms with Crippen LogP contribution in [0.4, 0.5) is 0 Å². The number of nitrogens with one attached hydrogen (secondary N) is 3. The second kappa shape index (κ2) is 17.5. The molecule has 0 bridgehead atoms. The molecule has 7 atom stereocenters. The first-order chi connectivity index (χ1) is 22.0. The van der Waals surface area contributed by atoms with Crippen molar-refractivity contribution in [3.05, 3.63) is 0 Å². The van der Waals surface area contributed by atoms with Crippen molar-refractivity contribution in [1.29, 1.82) is 0 Å². The van der Waals surface area contributed by atoms with E-state index in [1.54, 1.807) is 0 Å². The molecule has 0 aromatic rings. The first-order valence-corrected chi connectivity index (χ1v) is 30.4. The third-order valence-electron chi connectivity index (χ3n) is 7.27. The lowest BCUT2D eigenvalue weighted by molar-refractivity contribution is -0.284. The molecule has 4 amide bonds. The van der Waals surface area contributed by atoms with Gasteiger partial charge in [-0.1, -0.05) is 19.6 Å². The van der Waals surface area contributed by atoms with E-state index >= 15 is 0 Å². The minimum Gasteiger partial charge on any atom is -0.520 e. The summed E-state index contributed by atoms with van der Waals surface area (Å²) in [6.45, 7) is 25.5. The maximum absolute atomic E-state index is 13.2. The molecular formula is C30H62N4O11Si4. The quantitative estimate of drug-likeness (QED) is 0.126. The minimum absolute atomic E-state index is 0.0660. The molecule has 1 aliphatic heterocycles. The number of carbonyl (C=O) groups is 5. The summed E-state index contributed by atoms with van der Waals surface area (Å²) in [5.41, 5.74) is 3.64. The second-order valence-electron chi connectivity index (χ2n) is 16.6. The molecule has 15 nitrogen and oxygen atoms in total. The molecule has 1 rings (SSSR count). The SMILES string of the molecule is CC(=O)N[C@@H]1[C@@H](OCC(=O)NC(C)C(=O)NC(CCC(=O)O[Si](C)(C)C)C(N)=O)[C@H](O[Si](C)(C)C)[C@@H](CO[Si](C)(C)C)OC1(O)[Si](C)(C)C. The predicted molar refractivity (Wildman–Crippen MR) is 195 cm³/mol. The predicted octanol–water partition coefficient (Wildman–Crippen LogP) is 1.55. The summed E-state index contributed by atoms with van der Waals surface area (Å²) in [5, 5.41) is 20.0.